The lowest BCUT2D eigenvalue weighted by molar-refractivity contribution is 0.594. The molecule has 0 spiro atoms. The molecule has 1 N–H and O–H groups in total. The zero-order chi connectivity index (χ0) is 14.5. The largest absolute Gasteiger partial charge is 0.326 e. The molecule has 0 amide bonds. The molecular formula is C17H16FN3. The number of benzene rings is 2. The molecule has 0 saturated carbocycles. The second kappa shape index (κ2) is 6.22. The Hall–Kier alpha value is -2.62. The Morgan fingerprint density at radius 3 is 2.57 bits per heavy atom. The number of nitrogens with one attached hydrogen (secondary N) is 1. The lowest BCUT2D eigenvalue weighted by Gasteiger charge is -2.10. The molecule has 0 bridgehead atoms. The number of anilines is 2. The molecule has 3 rings (SSSR count). The molecule has 1 heterocycles. The summed E-state index contributed by atoms with van der Waals surface area (Å²) in [6.07, 6.45) is 4.27. The molecule has 106 valence electrons. The minimum Gasteiger partial charge on any atom is -0.326 e. The first-order valence-electron chi connectivity index (χ1n) is 6.89. The van der Waals surface area contributed by atoms with Crippen molar-refractivity contribution in [1.29, 1.82) is 0 Å². The highest BCUT2D eigenvalue weighted by Crippen LogP contribution is 2.15. The standard InChI is InChI=1S/C17H16FN3/c18-16-9-5-4-6-14(16)10-12-21-13-11-19-17(21)20-15-7-2-1-3-8-15/h1-9,11,13H,10,12H2,(H,19,20). The molecule has 0 aliphatic heterocycles. The molecule has 0 aliphatic rings. The van der Waals surface area contributed by atoms with E-state index in [0.29, 0.717) is 13.0 Å². The minimum absolute atomic E-state index is 0.157. The van der Waals surface area contributed by atoms with Crippen molar-refractivity contribution < 1.29 is 4.39 Å². The lowest BCUT2D eigenvalue weighted by Crippen LogP contribution is -2.06. The van der Waals surface area contributed by atoms with Gasteiger partial charge in [0.15, 0.2) is 0 Å². The SMILES string of the molecule is Fc1ccccc1CCn1ccnc1Nc1ccccc1. The Labute approximate surface area is 123 Å². The number of hydrogen-bond donors (Lipinski definition) is 1. The molecule has 3 nitrogen and oxygen atoms in total. The summed E-state index contributed by atoms with van der Waals surface area (Å²) in [4.78, 5) is 4.30. The molecule has 2 aromatic carbocycles. The maximum atomic E-state index is 13.6. The quantitative estimate of drug-likeness (QED) is 0.766. The summed E-state index contributed by atoms with van der Waals surface area (Å²) in [7, 11) is 0. The monoisotopic (exact) mass is 281 g/mol. The van der Waals surface area contributed by atoms with E-state index in [1.165, 1.54) is 6.07 Å². The maximum Gasteiger partial charge on any atom is 0.207 e. The smallest absolute Gasteiger partial charge is 0.207 e. The van der Waals surface area contributed by atoms with Gasteiger partial charge in [-0.25, -0.2) is 9.37 Å². The highest BCUT2D eigenvalue weighted by atomic mass is 19.1. The van der Waals surface area contributed by atoms with Gasteiger partial charge in [0.2, 0.25) is 5.95 Å². The van der Waals surface area contributed by atoms with E-state index < -0.39 is 0 Å². The molecule has 0 aliphatic carbocycles. The van der Waals surface area contributed by atoms with Crippen molar-refractivity contribution in [3.05, 3.63) is 78.4 Å². The second-order valence-corrected chi connectivity index (χ2v) is 4.78. The topological polar surface area (TPSA) is 29.9 Å². The first-order chi connectivity index (χ1) is 10.3. The molecule has 1 aromatic heterocycles. The van der Waals surface area contributed by atoms with Crippen LogP contribution in [0.3, 0.4) is 0 Å². The average Bonchev–Trinajstić information content (AvgIpc) is 2.95. The van der Waals surface area contributed by atoms with E-state index in [1.807, 2.05) is 53.2 Å². The Morgan fingerprint density at radius 1 is 1.00 bits per heavy atom. The van der Waals surface area contributed by atoms with Gasteiger partial charge in [-0.15, -0.1) is 0 Å². The number of aryl methyl sites for hydroxylation is 2. The van der Waals surface area contributed by atoms with Crippen LogP contribution in [0.25, 0.3) is 0 Å². The number of para-hydroxylation sites is 1. The zero-order valence-corrected chi connectivity index (χ0v) is 11.5. The normalized spacial score (nSPS) is 10.5. The summed E-state index contributed by atoms with van der Waals surface area (Å²) >= 11 is 0. The van der Waals surface area contributed by atoms with Gasteiger partial charge in [0.05, 0.1) is 0 Å². The van der Waals surface area contributed by atoms with Gasteiger partial charge < -0.3 is 9.88 Å². The van der Waals surface area contributed by atoms with Gasteiger partial charge in [-0.1, -0.05) is 36.4 Å². The zero-order valence-electron chi connectivity index (χ0n) is 11.5. The van der Waals surface area contributed by atoms with Crippen molar-refractivity contribution >= 4 is 11.6 Å². The molecular weight excluding hydrogens is 265 g/mol. The third-order valence-electron chi connectivity index (χ3n) is 3.33. The summed E-state index contributed by atoms with van der Waals surface area (Å²) in [6, 6.07) is 16.7. The minimum atomic E-state index is -0.157. The number of hydrogen-bond acceptors (Lipinski definition) is 2. The van der Waals surface area contributed by atoms with Gasteiger partial charge in [-0.3, -0.25) is 0 Å². The van der Waals surface area contributed by atoms with E-state index >= 15 is 0 Å². The summed E-state index contributed by atoms with van der Waals surface area (Å²) in [5.41, 5.74) is 1.70. The van der Waals surface area contributed by atoms with Crippen LogP contribution < -0.4 is 5.32 Å². The first-order valence-corrected chi connectivity index (χ1v) is 6.89. The fourth-order valence-corrected chi connectivity index (χ4v) is 2.21. The van der Waals surface area contributed by atoms with Crippen LogP contribution in [0.4, 0.5) is 16.0 Å². The van der Waals surface area contributed by atoms with Crippen molar-refractivity contribution in [2.75, 3.05) is 5.32 Å². The Bertz CT molecular complexity index is 707. The van der Waals surface area contributed by atoms with Crippen LogP contribution >= 0.6 is 0 Å². The molecule has 4 heteroatoms. The third kappa shape index (κ3) is 3.28. The van der Waals surface area contributed by atoms with Crippen LogP contribution in [-0.2, 0) is 13.0 Å². The van der Waals surface area contributed by atoms with Gasteiger partial charge in [0.1, 0.15) is 5.82 Å². The molecule has 3 aromatic rings. The van der Waals surface area contributed by atoms with E-state index in [2.05, 4.69) is 10.3 Å². The Kier molecular flexibility index (Phi) is 3.96. The number of imidazole rings is 1. The van der Waals surface area contributed by atoms with Crippen LogP contribution in [0.2, 0.25) is 0 Å². The maximum absolute atomic E-state index is 13.6. The molecule has 0 fully saturated rings. The molecule has 0 saturated heterocycles. The van der Waals surface area contributed by atoms with Crippen molar-refractivity contribution in [3.63, 3.8) is 0 Å². The van der Waals surface area contributed by atoms with Gasteiger partial charge in [0.25, 0.3) is 0 Å². The molecule has 0 radical (unpaired) electrons. The van der Waals surface area contributed by atoms with Gasteiger partial charge in [0, 0.05) is 24.6 Å². The second-order valence-electron chi connectivity index (χ2n) is 4.78. The van der Waals surface area contributed by atoms with E-state index in [9.17, 15) is 4.39 Å². The number of rotatable bonds is 5. The number of halogens is 1. The molecule has 0 unspecified atom stereocenters. The van der Waals surface area contributed by atoms with Crippen molar-refractivity contribution in [3.8, 4) is 0 Å². The van der Waals surface area contributed by atoms with Crippen LogP contribution in [0, 0.1) is 5.82 Å². The van der Waals surface area contributed by atoms with Crippen molar-refractivity contribution in [1.82, 2.24) is 9.55 Å². The van der Waals surface area contributed by atoms with Crippen LogP contribution in [0.5, 0.6) is 0 Å². The van der Waals surface area contributed by atoms with Gasteiger partial charge >= 0.3 is 0 Å². The van der Waals surface area contributed by atoms with Crippen LogP contribution in [0.15, 0.2) is 67.0 Å². The summed E-state index contributed by atoms with van der Waals surface area (Å²) in [5, 5.41) is 3.26. The fraction of sp³-hybridized carbons (Fsp3) is 0.118. The highest BCUT2D eigenvalue weighted by Gasteiger charge is 2.05. The summed E-state index contributed by atoms with van der Waals surface area (Å²) in [5.74, 6) is 0.604. The van der Waals surface area contributed by atoms with Crippen LogP contribution in [0.1, 0.15) is 5.56 Å². The number of nitrogens with zero attached hydrogens (tertiary/aromatic N) is 2. The van der Waals surface area contributed by atoms with E-state index in [1.54, 1.807) is 12.3 Å². The lowest BCUT2D eigenvalue weighted by atomic mass is 10.1. The first kappa shape index (κ1) is 13.4. The Morgan fingerprint density at radius 2 is 1.76 bits per heavy atom. The summed E-state index contributed by atoms with van der Waals surface area (Å²) < 4.78 is 15.6. The van der Waals surface area contributed by atoms with E-state index in [0.717, 1.165) is 17.2 Å². The van der Waals surface area contributed by atoms with E-state index in [4.69, 9.17) is 0 Å². The molecule has 21 heavy (non-hydrogen) atoms. The predicted molar refractivity (Wildman–Crippen MR) is 82.1 cm³/mol. The van der Waals surface area contributed by atoms with E-state index in [-0.39, 0.29) is 5.82 Å². The third-order valence-corrected chi connectivity index (χ3v) is 3.33. The number of aromatic nitrogens is 2. The Balaban J connectivity index is 1.70. The summed E-state index contributed by atoms with van der Waals surface area (Å²) in [6.45, 7) is 0.677. The van der Waals surface area contributed by atoms with Crippen molar-refractivity contribution in [2.24, 2.45) is 0 Å². The fourth-order valence-electron chi connectivity index (χ4n) is 2.21. The van der Waals surface area contributed by atoms with Crippen molar-refractivity contribution in [2.45, 2.75) is 13.0 Å². The molecule has 0 atom stereocenters. The van der Waals surface area contributed by atoms with Gasteiger partial charge in [-0.05, 0) is 30.2 Å². The van der Waals surface area contributed by atoms with Crippen LogP contribution in [-0.4, -0.2) is 9.55 Å². The van der Waals surface area contributed by atoms with Gasteiger partial charge in [-0.2, -0.15) is 0 Å². The highest BCUT2D eigenvalue weighted by molar-refractivity contribution is 5.53. The predicted octanol–water partition coefficient (Wildman–Crippen LogP) is 4.01. The average molecular weight is 281 g/mol.